The summed E-state index contributed by atoms with van der Waals surface area (Å²) in [5.41, 5.74) is 4.88. The molecule has 52 heavy (non-hydrogen) atoms. The number of rotatable bonds is 12. The van der Waals surface area contributed by atoms with Gasteiger partial charge in [0.15, 0.2) is 8.32 Å². The van der Waals surface area contributed by atoms with Crippen LogP contribution in [0.25, 0.3) is 11.6 Å². The van der Waals surface area contributed by atoms with Crippen LogP contribution in [0.3, 0.4) is 0 Å². The smallest absolute Gasteiger partial charge is 0.449 e. The van der Waals surface area contributed by atoms with Crippen LogP contribution in [0, 0.1) is 28.6 Å². The zero-order valence-electron chi connectivity index (χ0n) is 32.1. The monoisotopic (exact) mass is 719 g/mol. The van der Waals surface area contributed by atoms with Crippen molar-refractivity contribution < 1.29 is 23.3 Å². The van der Waals surface area contributed by atoms with E-state index in [1.807, 2.05) is 48.5 Å². The predicted octanol–water partition coefficient (Wildman–Crippen LogP) is 8.82. The van der Waals surface area contributed by atoms with Crippen molar-refractivity contribution in [1.29, 1.82) is 5.26 Å². The first-order chi connectivity index (χ1) is 24.6. The summed E-state index contributed by atoms with van der Waals surface area (Å²) < 4.78 is 25.8. The lowest BCUT2D eigenvalue weighted by Crippen LogP contribution is -2.65. The van der Waals surface area contributed by atoms with Crippen molar-refractivity contribution in [3.63, 3.8) is 0 Å². The van der Waals surface area contributed by atoms with Gasteiger partial charge in [-0.1, -0.05) is 83.1 Å². The van der Waals surface area contributed by atoms with Gasteiger partial charge < -0.3 is 23.8 Å². The Kier molecular flexibility index (Phi) is 10.9. The van der Waals surface area contributed by atoms with E-state index in [1.54, 1.807) is 6.20 Å². The van der Waals surface area contributed by atoms with Crippen LogP contribution in [-0.4, -0.2) is 50.8 Å². The van der Waals surface area contributed by atoms with E-state index in [1.165, 1.54) is 0 Å². The van der Waals surface area contributed by atoms with E-state index in [9.17, 15) is 10.1 Å². The molecule has 0 radical (unpaired) electrons. The van der Waals surface area contributed by atoms with Crippen LogP contribution in [-0.2, 0) is 37.9 Å². The number of amides is 1. The number of hydrogen-bond donors (Lipinski definition) is 1. The Morgan fingerprint density at radius 2 is 1.81 bits per heavy atom. The van der Waals surface area contributed by atoms with Crippen molar-refractivity contribution in [3.8, 4) is 6.07 Å². The zero-order valence-corrected chi connectivity index (χ0v) is 33.1. The van der Waals surface area contributed by atoms with E-state index in [0.29, 0.717) is 42.6 Å². The van der Waals surface area contributed by atoms with Gasteiger partial charge >= 0.3 is 13.2 Å². The van der Waals surface area contributed by atoms with Gasteiger partial charge in [0.1, 0.15) is 6.07 Å². The van der Waals surface area contributed by atoms with Crippen LogP contribution >= 0.6 is 0 Å². The van der Waals surface area contributed by atoms with Crippen LogP contribution in [0.5, 0.6) is 0 Å². The molecule has 2 aromatic carbocycles. The molecule has 1 N–H and O–H groups in total. The Labute approximate surface area is 311 Å². The summed E-state index contributed by atoms with van der Waals surface area (Å²) in [6, 6.07) is 24.1. The van der Waals surface area contributed by atoms with Crippen molar-refractivity contribution >= 4 is 33.2 Å². The van der Waals surface area contributed by atoms with E-state index in [4.69, 9.17) is 18.5 Å². The van der Waals surface area contributed by atoms with E-state index in [2.05, 4.69) is 95.3 Å². The molecule has 10 heteroatoms. The third kappa shape index (κ3) is 8.08. The number of ether oxygens (including phenoxy) is 1. The van der Waals surface area contributed by atoms with Crippen molar-refractivity contribution in [3.05, 3.63) is 101 Å². The van der Waals surface area contributed by atoms with E-state index < -0.39 is 27.5 Å². The molecule has 1 aliphatic heterocycles. The topological polar surface area (TPSA) is 103 Å². The minimum absolute atomic E-state index is 0.0146. The highest BCUT2D eigenvalue weighted by molar-refractivity contribution is 6.74. The van der Waals surface area contributed by atoms with Crippen molar-refractivity contribution in [1.82, 2.24) is 10.3 Å². The number of carbonyl (C=O) groups excluding carboxylic acids is 1. The summed E-state index contributed by atoms with van der Waals surface area (Å²) in [4.78, 5) is 17.8. The first-order valence-electron chi connectivity index (χ1n) is 18.7. The molecule has 1 saturated heterocycles. The van der Waals surface area contributed by atoms with Gasteiger partial charge in [-0.25, -0.2) is 4.79 Å². The molecule has 2 bridgehead atoms. The Bertz CT molecular complexity index is 1810. The number of alkyl carbamates (subject to hydrolysis) is 1. The van der Waals surface area contributed by atoms with E-state index in [-0.39, 0.29) is 28.8 Å². The maximum Gasteiger partial charge on any atom is 0.482 e. The van der Waals surface area contributed by atoms with Gasteiger partial charge in [-0.05, 0) is 108 Å². The number of pyridine rings is 1. The quantitative estimate of drug-likeness (QED) is 0.147. The second-order valence-electron chi connectivity index (χ2n) is 17.2. The molecular weight excluding hydrogens is 665 g/mol. The van der Waals surface area contributed by atoms with Gasteiger partial charge in [0.25, 0.3) is 0 Å². The lowest BCUT2D eigenvalue weighted by atomic mass is 9.43. The minimum Gasteiger partial charge on any atom is -0.449 e. The Balaban J connectivity index is 1.15. The standard InChI is InChI=1S/C42H54BN3O5Si/c1-40(2,3)52(7,8)49-28-32-21-30(20-31(22-32)23-33(27-44)35-16-12-13-18-45-35)17-19-48-39(47)46-38(24-29-14-10-9-11-15-29)43-50-37-26-34-25-36(41(34,4)5)42(37,6)51-43/h9-16,18,20-23,34,36-38H,17,19,24-26,28H2,1-8H3,(H,46,47)/t34?,36?,37-,38+,42+/m1/s1. The van der Waals surface area contributed by atoms with Gasteiger partial charge in [0, 0.05) is 12.6 Å². The Hall–Kier alpha value is -3.75. The highest BCUT2D eigenvalue weighted by Gasteiger charge is 2.68. The zero-order chi connectivity index (χ0) is 37.3. The van der Waals surface area contributed by atoms with Gasteiger partial charge in [-0.2, -0.15) is 5.26 Å². The molecule has 5 atom stereocenters. The number of allylic oxidation sites excluding steroid dienone is 1. The molecule has 274 valence electrons. The fourth-order valence-electron chi connectivity index (χ4n) is 8.04. The third-order valence-electron chi connectivity index (χ3n) is 12.4. The lowest BCUT2D eigenvalue weighted by molar-refractivity contribution is -0.199. The fourth-order valence-corrected chi connectivity index (χ4v) is 9.00. The second-order valence-corrected chi connectivity index (χ2v) is 22.0. The van der Waals surface area contributed by atoms with Crippen molar-refractivity contribution in [2.24, 2.45) is 17.3 Å². The van der Waals surface area contributed by atoms with E-state index >= 15 is 0 Å². The average molecular weight is 720 g/mol. The molecule has 3 aliphatic carbocycles. The van der Waals surface area contributed by atoms with Crippen LogP contribution in [0.15, 0.2) is 72.9 Å². The number of carbonyl (C=O) groups is 1. The molecule has 3 aromatic rings. The summed E-state index contributed by atoms with van der Waals surface area (Å²) in [5, 5.41) is 13.2. The number of nitriles is 1. The van der Waals surface area contributed by atoms with Crippen molar-refractivity contribution in [2.45, 2.75) is 110 Å². The van der Waals surface area contributed by atoms with Crippen LogP contribution in [0.2, 0.25) is 18.1 Å². The van der Waals surface area contributed by atoms with Crippen molar-refractivity contribution in [2.75, 3.05) is 6.61 Å². The molecule has 1 amide bonds. The van der Waals surface area contributed by atoms with Gasteiger partial charge in [-0.3, -0.25) is 4.98 Å². The highest BCUT2D eigenvalue weighted by atomic mass is 28.4. The minimum atomic E-state index is -2.01. The van der Waals surface area contributed by atoms with Gasteiger partial charge in [0.2, 0.25) is 0 Å². The van der Waals surface area contributed by atoms with E-state index in [0.717, 1.165) is 35.1 Å². The molecule has 4 fully saturated rings. The molecule has 1 aromatic heterocycles. The first-order valence-corrected chi connectivity index (χ1v) is 21.6. The van der Waals surface area contributed by atoms with Crippen LogP contribution in [0.1, 0.15) is 82.3 Å². The summed E-state index contributed by atoms with van der Waals surface area (Å²) in [7, 11) is -2.58. The van der Waals surface area contributed by atoms with Crippen LogP contribution in [0.4, 0.5) is 4.79 Å². The normalized spacial score (nSPS) is 24.3. The molecule has 0 spiro atoms. The molecule has 7 rings (SSSR count). The molecular formula is C42H54BN3O5Si. The number of nitrogens with zero attached hydrogens (tertiary/aromatic N) is 2. The number of aromatic nitrogens is 1. The number of benzene rings is 2. The third-order valence-corrected chi connectivity index (χ3v) is 16.9. The van der Waals surface area contributed by atoms with Gasteiger partial charge in [0.05, 0.1) is 42.1 Å². The number of hydrogen-bond acceptors (Lipinski definition) is 7. The molecule has 4 aliphatic rings. The summed E-state index contributed by atoms with van der Waals surface area (Å²) in [5.74, 6) is 0.647. The van der Waals surface area contributed by atoms with Crippen LogP contribution < -0.4 is 5.32 Å². The predicted molar refractivity (Wildman–Crippen MR) is 208 cm³/mol. The fraction of sp³-hybridized carbons (Fsp3) is 0.500. The summed E-state index contributed by atoms with van der Waals surface area (Å²) in [6.07, 6.45) is 6.25. The lowest BCUT2D eigenvalue weighted by Gasteiger charge is -2.64. The van der Waals surface area contributed by atoms with Gasteiger partial charge in [-0.15, -0.1) is 0 Å². The molecule has 8 nitrogen and oxygen atoms in total. The average Bonchev–Trinajstić information content (AvgIpc) is 3.47. The number of nitrogens with one attached hydrogen (secondary N) is 1. The SMILES string of the molecule is CC1(C)C2CC1[C@]1(C)OB([C@H](Cc3ccccc3)NC(=O)OCCc3cc(C=C(C#N)c4ccccn4)cc(CO[Si](C)(C)C(C)(C)C)c3)O[C@@H]1C2. The Morgan fingerprint density at radius 1 is 1.08 bits per heavy atom. The molecule has 2 unspecified atom stereocenters. The highest BCUT2D eigenvalue weighted by Crippen LogP contribution is 2.65. The maximum atomic E-state index is 13.4. The second kappa shape index (κ2) is 14.9. The molecule has 2 heterocycles. The largest absolute Gasteiger partial charge is 0.482 e. The first kappa shape index (κ1) is 38.0. The summed E-state index contributed by atoms with van der Waals surface area (Å²) in [6.45, 7) is 18.7. The Morgan fingerprint density at radius 3 is 2.48 bits per heavy atom. The molecule has 3 saturated carbocycles. The summed E-state index contributed by atoms with van der Waals surface area (Å²) >= 11 is 0. The maximum absolute atomic E-state index is 13.4.